The molecular formula is C12H14ClN5O4S. The molecule has 0 bridgehead atoms. The number of rotatable bonds is 6. The number of hydrogen-bond donors (Lipinski definition) is 2. The molecule has 2 N–H and O–H groups in total. The van der Waals surface area contributed by atoms with Crippen LogP contribution < -0.4 is 14.8 Å². The lowest BCUT2D eigenvalue weighted by Crippen LogP contribution is -2.20. The molecule has 1 amide bonds. The topological polar surface area (TPSA) is 115 Å². The molecule has 2 rings (SSSR count). The van der Waals surface area contributed by atoms with Gasteiger partial charge in [0.05, 0.1) is 24.6 Å². The fourth-order valence-electron chi connectivity index (χ4n) is 1.68. The highest BCUT2D eigenvalue weighted by molar-refractivity contribution is 7.92. The van der Waals surface area contributed by atoms with Crippen molar-refractivity contribution in [2.24, 2.45) is 0 Å². The Morgan fingerprint density at radius 1 is 1.43 bits per heavy atom. The second-order valence-electron chi connectivity index (χ2n) is 4.53. The van der Waals surface area contributed by atoms with E-state index in [0.717, 1.165) is 11.1 Å². The highest BCUT2D eigenvalue weighted by Crippen LogP contribution is 2.27. The summed E-state index contributed by atoms with van der Waals surface area (Å²) in [5, 5.41) is 10.6. The van der Waals surface area contributed by atoms with Crippen molar-refractivity contribution < 1.29 is 17.9 Å². The maximum Gasteiger partial charge on any atom is 0.247 e. The van der Waals surface area contributed by atoms with Crippen LogP contribution in [-0.2, 0) is 21.4 Å². The molecule has 0 atom stereocenters. The third-order valence-electron chi connectivity index (χ3n) is 2.55. The fourth-order valence-corrected chi connectivity index (χ4v) is 2.41. The second kappa shape index (κ2) is 6.84. The number of halogens is 1. The van der Waals surface area contributed by atoms with Gasteiger partial charge in [0.25, 0.3) is 0 Å². The van der Waals surface area contributed by atoms with E-state index < -0.39 is 15.9 Å². The number of hydrogen-bond acceptors (Lipinski definition) is 6. The summed E-state index contributed by atoms with van der Waals surface area (Å²) < 4.78 is 29.3. The third-order valence-corrected chi connectivity index (χ3v) is 3.42. The first-order valence-electron chi connectivity index (χ1n) is 6.28. The van der Waals surface area contributed by atoms with Gasteiger partial charge in [-0.25, -0.2) is 8.42 Å². The lowest BCUT2D eigenvalue weighted by Gasteiger charge is -2.07. The predicted molar refractivity (Wildman–Crippen MR) is 85.1 cm³/mol. The molecule has 1 aromatic heterocycles. The lowest BCUT2D eigenvalue weighted by molar-refractivity contribution is -0.117. The number of benzene rings is 1. The Balaban J connectivity index is 1.98. The number of sulfonamides is 1. The van der Waals surface area contributed by atoms with Gasteiger partial charge in [0.1, 0.15) is 12.3 Å². The zero-order chi connectivity index (χ0) is 17.0. The SMILES string of the molecule is COc1ccc(NC(=O)Cn2ncc(NS(C)(=O)=O)n2)cc1Cl. The van der Waals surface area contributed by atoms with Crippen LogP contribution in [0.5, 0.6) is 5.75 Å². The van der Waals surface area contributed by atoms with Crippen molar-refractivity contribution in [3.8, 4) is 5.75 Å². The molecule has 0 aliphatic rings. The van der Waals surface area contributed by atoms with Crippen molar-refractivity contribution in [1.82, 2.24) is 15.0 Å². The summed E-state index contributed by atoms with van der Waals surface area (Å²) in [5.74, 6) is 0.135. The molecule has 0 saturated carbocycles. The van der Waals surface area contributed by atoms with Gasteiger partial charge in [-0.3, -0.25) is 9.52 Å². The van der Waals surface area contributed by atoms with Gasteiger partial charge in [-0.05, 0) is 18.2 Å². The van der Waals surface area contributed by atoms with Gasteiger partial charge in [-0.1, -0.05) is 11.6 Å². The van der Waals surface area contributed by atoms with Gasteiger partial charge in [0.15, 0.2) is 5.82 Å². The van der Waals surface area contributed by atoms with Gasteiger partial charge in [-0.2, -0.15) is 9.90 Å². The summed E-state index contributed by atoms with van der Waals surface area (Å²) in [6.07, 6.45) is 2.20. The Morgan fingerprint density at radius 2 is 2.17 bits per heavy atom. The van der Waals surface area contributed by atoms with Crippen molar-refractivity contribution in [1.29, 1.82) is 0 Å². The van der Waals surface area contributed by atoms with E-state index in [9.17, 15) is 13.2 Å². The molecule has 124 valence electrons. The molecule has 0 unspecified atom stereocenters. The van der Waals surface area contributed by atoms with E-state index in [-0.39, 0.29) is 12.4 Å². The molecule has 0 fully saturated rings. The van der Waals surface area contributed by atoms with Crippen LogP contribution in [0, 0.1) is 0 Å². The first-order valence-corrected chi connectivity index (χ1v) is 8.55. The van der Waals surface area contributed by atoms with Gasteiger partial charge in [0.2, 0.25) is 15.9 Å². The van der Waals surface area contributed by atoms with Crippen molar-refractivity contribution in [3.63, 3.8) is 0 Å². The van der Waals surface area contributed by atoms with Crippen LogP contribution in [0.4, 0.5) is 11.5 Å². The first-order chi connectivity index (χ1) is 10.8. The van der Waals surface area contributed by atoms with Crippen LogP contribution in [0.25, 0.3) is 0 Å². The molecule has 9 nitrogen and oxygen atoms in total. The maximum absolute atomic E-state index is 11.9. The Morgan fingerprint density at radius 3 is 2.78 bits per heavy atom. The van der Waals surface area contributed by atoms with E-state index in [2.05, 4.69) is 20.2 Å². The predicted octanol–water partition coefficient (Wildman–Crippen LogP) is 0.950. The average molecular weight is 360 g/mol. The minimum Gasteiger partial charge on any atom is -0.495 e. The monoisotopic (exact) mass is 359 g/mol. The zero-order valence-electron chi connectivity index (χ0n) is 12.3. The number of ether oxygens (including phenoxy) is 1. The van der Waals surface area contributed by atoms with Crippen molar-refractivity contribution in [2.45, 2.75) is 6.54 Å². The average Bonchev–Trinajstić information content (AvgIpc) is 2.83. The molecule has 1 heterocycles. The number of carbonyl (C=O) groups excluding carboxylic acids is 1. The van der Waals surface area contributed by atoms with E-state index in [0.29, 0.717) is 16.5 Å². The standard InChI is InChI=1S/C12H14ClN5O4S/c1-22-10-4-3-8(5-9(10)13)15-12(19)7-18-14-6-11(16-18)17-23(2,20)21/h3-6H,7H2,1-2H3,(H,15,19)(H,16,17). The quantitative estimate of drug-likeness (QED) is 0.793. The van der Waals surface area contributed by atoms with Crippen molar-refractivity contribution in [2.75, 3.05) is 23.4 Å². The van der Waals surface area contributed by atoms with Gasteiger partial charge >= 0.3 is 0 Å². The molecule has 23 heavy (non-hydrogen) atoms. The Bertz CT molecular complexity index is 821. The number of aromatic nitrogens is 3. The summed E-state index contributed by atoms with van der Waals surface area (Å²) in [7, 11) is -1.95. The molecule has 0 saturated heterocycles. The number of methoxy groups -OCH3 is 1. The molecule has 0 spiro atoms. The van der Waals surface area contributed by atoms with Crippen LogP contribution in [-0.4, -0.2) is 42.7 Å². The summed E-state index contributed by atoms with van der Waals surface area (Å²) >= 11 is 5.97. The summed E-state index contributed by atoms with van der Waals surface area (Å²) in [4.78, 5) is 13.0. The van der Waals surface area contributed by atoms with Gasteiger partial charge in [0, 0.05) is 5.69 Å². The molecular weight excluding hydrogens is 346 g/mol. The van der Waals surface area contributed by atoms with Crippen LogP contribution in [0.1, 0.15) is 0 Å². The minimum absolute atomic E-state index is 0.0350. The number of carbonyl (C=O) groups is 1. The highest BCUT2D eigenvalue weighted by atomic mass is 35.5. The molecule has 0 aliphatic carbocycles. The molecule has 1 aromatic carbocycles. The largest absolute Gasteiger partial charge is 0.495 e. The van der Waals surface area contributed by atoms with Crippen LogP contribution in [0.3, 0.4) is 0 Å². The Kier molecular flexibility index (Phi) is 5.06. The molecule has 0 aliphatic heterocycles. The number of anilines is 2. The van der Waals surface area contributed by atoms with E-state index >= 15 is 0 Å². The first kappa shape index (κ1) is 17.0. The van der Waals surface area contributed by atoms with Crippen LogP contribution in [0.15, 0.2) is 24.4 Å². The Labute approximate surface area is 137 Å². The van der Waals surface area contributed by atoms with E-state index in [1.54, 1.807) is 18.2 Å². The number of amides is 1. The second-order valence-corrected chi connectivity index (χ2v) is 6.69. The van der Waals surface area contributed by atoms with Gasteiger partial charge < -0.3 is 10.1 Å². The summed E-state index contributed by atoms with van der Waals surface area (Å²) in [6, 6.07) is 4.81. The van der Waals surface area contributed by atoms with E-state index in [4.69, 9.17) is 16.3 Å². The lowest BCUT2D eigenvalue weighted by atomic mass is 10.3. The fraction of sp³-hybridized carbons (Fsp3) is 0.250. The normalized spacial score (nSPS) is 11.1. The highest BCUT2D eigenvalue weighted by Gasteiger charge is 2.10. The number of nitrogens with zero attached hydrogens (tertiary/aromatic N) is 3. The van der Waals surface area contributed by atoms with E-state index in [1.165, 1.54) is 13.3 Å². The zero-order valence-corrected chi connectivity index (χ0v) is 13.8. The summed E-state index contributed by atoms with van der Waals surface area (Å²) in [5.41, 5.74) is 0.488. The molecule has 2 aromatic rings. The van der Waals surface area contributed by atoms with Gasteiger partial charge in [-0.15, -0.1) is 5.10 Å². The smallest absolute Gasteiger partial charge is 0.247 e. The summed E-state index contributed by atoms with van der Waals surface area (Å²) in [6.45, 7) is -0.185. The minimum atomic E-state index is -3.45. The van der Waals surface area contributed by atoms with Crippen LogP contribution in [0.2, 0.25) is 5.02 Å². The molecule has 11 heteroatoms. The Hall–Kier alpha value is -2.33. The van der Waals surface area contributed by atoms with Crippen molar-refractivity contribution >= 4 is 39.0 Å². The van der Waals surface area contributed by atoms with Crippen molar-refractivity contribution in [3.05, 3.63) is 29.4 Å². The third kappa shape index (κ3) is 5.11. The maximum atomic E-state index is 11.9. The van der Waals surface area contributed by atoms with Crippen LogP contribution >= 0.6 is 11.6 Å². The van der Waals surface area contributed by atoms with E-state index in [1.807, 2.05) is 0 Å². The molecule has 0 radical (unpaired) electrons. The number of nitrogens with one attached hydrogen (secondary N) is 2.